The van der Waals surface area contributed by atoms with Crippen LogP contribution in [0.15, 0.2) is 54.6 Å². The molecule has 0 amide bonds. The van der Waals surface area contributed by atoms with Gasteiger partial charge in [-0.1, -0.05) is 18.2 Å². The van der Waals surface area contributed by atoms with Crippen molar-refractivity contribution in [1.82, 2.24) is 0 Å². The molecular formula is C21H14F3NO. The van der Waals surface area contributed by atoms with Crippen molar-refractivity contribution in [3.63, 3.8) is 0 Å². The SMILES string of the molecule is N#Cc1c(O)ccc(F)c1CCc1cc(-c2cccc(F)c2)ccc1F. The van der Waals surface area contributed by atoms with Gasteiger partial charge in [0.05, 0.1) is 5.56 Å². The molecule has 3 aromatic carbocycles. The summed E-state index contributed by atoms with van der Waals surface area (Å²) < 4.78 is 41.6. The number of aryl methyl sites for hydroxylation is 1. The molecule has 130 valence electrons. The Bertz CT molecular complexity index is 1010. The van der Waals surface area contributed by atoms with Crippen LogP contribution in [0.3, 0.4) is 0 Å². The first kappa shape index (κ1) is 17.6. The molecule has 3 aromatic rings. The van der Waals surface area contributed by atoms with Gasteiger partial charge < -0.3 is 5.11 Å². The molecule has 0 aromatic heterocycles. The third-order valence-corrected chi connectivity index (χ3v) is 4.19. The molecule has 26 heavy (non-hydrogen) atoms. The van der Waals surface area contributed by atoms with Gasteiger partial charge in [0.2, 0.25) is 0 Å². The Kier molecular flexibility index (Phi) is 4.94. The van der Waals surface area contributed by atoms with Crippen LogP contribution in [0, 0.1) is 28.8 Å². The minimum absolute atomic E-state index is 0.0445. The molecule has 0 atom stereocenters. The van der Waals surface area contributed by atoms with E-state index in [0.717, 1.165) is 12.1 Å². The van der Waals surface area contributed by atoms with E-state index in [2.05, 4.69) is 0 Å². The van der Waals surface area contributed by atoms with Crippen molar-refractivity contribution >= 4 is 0 Å². The van der Waals surface area contributed by atoms with E-state index in [4.69, 9.17) is 5.26 Å². The van der Waals surface area contributed by atoms with Gasteiger partial charge in [-0.3, -0.25) is 0 Å². The molecule has 0 saturated carbocycles. The summed E-state index contributed by atoms with van der Waals surface area (Å²) in [6, 6.07) is 14.3. The molecular weight excluding hydrogens is 339 g/mol. The van der Waals surface area contributed by atoms with E-state index in [1.54, 1.807) is 30.3 Å². The van der Waals surface area contributed by atoms with Crippen LogP contribution >= 0.6 is 0 Å². The minimum Gasteiger partial charge on any atom is -0.507 e. The number of nitriles is 1. The molecule has 0 unspecified atom stereocenters. The summed E-state index contributed by atoms with van der Waals surface area (Å²) >= 11 is 0. The summed E-state index contributed by atoms with van der Waals surface area (Å²) in [6.45, 7) is 0. The van der Waals surface area contributed by atoms with Crippen molar-refractivity contribution in [3.05, 3.63) is 88.7 Å². The monoisotopic (exact) mass is 353 g/mol. The van der Waals surface area contributed by atoms with Crippen LogP contribution in [0.25, 0.3) is 11.1 Å². The molecule has 0 radical (unpaired) electrons. The quantitative estimate of drug-likeness (QED) is 0.706. The van der Waals surface area contributed by atoms with Gasteiger partial charge in [0, 0.05) is 5.56 Å². The minimum atomic E-state index is -0.624. The van der Waals surface area contributed by atoms with E-state index in [0.29, 0.717) is 16.7 Å². The molecule has 3 rings (SSSR count). The average molecular weight is 353 g/mol. The van der Waals surface area contributed by atoms with Crippen LogP contribution in [0.4, 0.5) is 13.2 Å². The highest BCUT2D eigenvalue weighted by Crippen LogP contribution is 2.27. The lowest BCUT2D eigenvalue weighted by molar-refractivity contribution is 0.469. The molecule has 0 heterocycles. The number of nitrogens with zero attached hydrogens (tertiary/aromatic N) is 1. The van der Waals surface area contributed by atoms with E-state index in [9.17, 15) is 18.3 Å². The van der Waals surface area contributed by atoms with Gasteiger partial charge in [0.25, 0.3) is 0 Å². The van der Waals surface area contributed by atoms with Gasteiger partial charge in [-0.15, -0.1) is 0 Å². The maximum absolute atomic E-state index is 14.1. The van der Waals surface area contributed by atoms with Crippen LogP contribution < -0.4 is 0 Å². The van der Waals surface area contributed by atoms with Crippen LogP contribution in [0.2, 0.25) is 0 Å². The van der Waals surface area contributed by atoms with Gasteiger partial charge in [-0.25, -0.2) is 13.2 Å². The van der Waals surface area contributed by atoms with Gasteiger partial charge >= 0.3 is 0 Å². The smallest absolute Gasteiger partial charge is 0.133 e. The molecule has 0 spiro atoms. The number of hydrogen-bond acceptors (Lipinski definition) is 2. The van der Waals surface area contributed by atoms with E-state index in [1.165, 1.54) is 18.2 Å². The second-order valence-corrected chi connectivity index (χ2v) is 5.85. The highest BCUT2D eigenvalue weighted by atomic mass is 19.1. The Hall–Kier alpha value is -3.26. The van der Waals surface area contributed by atoms with Crippen molar-refractivity contribution in [3.8, 4) is 22.9 Å². The molecule has 0 aliphatic heterocycles. The van der Waals surface area contributed by atoms with E-state index in [1.807, 2.05) is 0 Å². The number of hydrogen-bond donors (Lipinski definition) is 1. The zero-order chi connectivity index (χ0) is 18.7. The molecule has 5 heteroatoms. The summed E-state index contributed by atoms with van der Waals surface area (Å²) in [7, 11) is 0. The fraction of sp³-hybridized carbons (Fsp3) is 0.0952. The summed E-state index contributed by atoms with van der Waals surface area (Å²) in [5, 5.41) is 18.8. The van der Waals surface area contributed by atoms with Crippen molar-refractivity contribution in [2.45, 2.75) is 12.8 Å². The fourth-order valence-corrected chi connectivity index (χ4v) is 2.85. The molecule has 0 saturated heterocycles. The lowest BCUT2D eigenvalue weighted by Crippen LogP contribution is -2.01. The molecule has 0 fully saturated rings. The highest BCUT2D eigenvalue weighted by Gasteiger charge is 2.14. The summed E-state index contributed by atoms with van der Waals surface area (Å²) in [5.41, 5.74) is 1.46. The molecule has 0 bridgehead atoms. The number of aromatic hydroxyl groups is 1. The largest absolute Gasteiger partial charge is 0.507 e. The van der Waals surface area contributed by atoms with Crippen molar-refractivity contribution in [2.75, 3.05) is 0 Å². The Morgan fingerprint density at radius 3 is 2.31 bits per heavy atom. The van der Waals surface area contributed by atoms with E-state index >= 15 is 0 Å². The predicted molar refractivity (Wildman–Crippen MR) is 92.0 cm³/mol. The normalized spacial score (nSPS) is 10.5. The van der Waals surface area contributed by atoms with Gasteiger partial charge in [-0.2, -0.15) is 5.26 Å². The van der Waals surface area contributed by atoms with Crippen LogP contribution in [-0.4, -0.2) is 5.11 Å². The molecule has 0 aliphatic carbocycles. The standard InChI is InChI=1S/C21H14F3NO/c22-16-3-1-2-13(11-16)14-5-7-19(23)15(10-14)4-6-17-18(12-25)21(26)9-8-20(17)24/h1-3,5,7-11,26H,4,6H2. The molecule has 2 nitrogen and oxygen atoms in total. The number of rotatable bonds is 4. The Morgan fingerprint density at radius 2 is 1.58 bits per heavy atom. The third kappa shape index (κ3) is 3.55. The Balaban J connectivity index is 1.91. The topological polar surface area (TPSA) is 44.0 Å². The van der Waals surface area contributed by atoms with Gasteiger partial charge in [-0.05, 0) is 65.9 Å². The number of phenols is 1. The second-order valence-electron chi connectivity index (χ2n) is 5.85. The van der Waals surface area contributed by atoms with Gasteiger partial charge in [0.15, 0.2) is 0 Å². The van der Waals surface area contributed by atoms with Crippen LogP contribution in [-0.2, 0) is 12.8 Å². The number of phenolic OH excluding ortho intramolecular Hbond substituents is 1. The second kappa shape index (κ2) is 7.32. The van der Waals surface area contributed by atoms with Crippen molar-refractivity contribution in [1.29, 1.82) is 5.26 Å². The van der Waals surface area contributed by atoms with Crippen LogP contribution in [0.1, 0.15) is 16.7 Å². The van der Waals surface area contributed by atoms with E-state index < -0.39 is 17.5 Å². The van der Waals surface area contributed by atoms with Crippen molar-refractivity contribution in [2.24, 2.45) is 0 Å². The fourth-order valence-electron chi connectivity index (χ4n) is 2.85. The first-order chi connectivity index (χ1) is 12.5. The lowest BCUT2D eigenvalue weighted by atomic mass is 9.96. The molecule has 1 N–H and O–H groups in total. The first-order valence-corrected chi connectivity index (χ1v) is 7.94. The number of benzene rings is 3. The van der Waals surface area contributed by atoms with Gasteiger partial charge in [0.1, 0.15) is 29.3 Å². The van der Waals surface area contributed by atoms with E-state index in [-0.39, 0.29) is 29.7 Å². The summed E-state index contributed by atoms with van der Waals surface area (Å²) in [4.78, 5) is 0. The molecule has 0 aliphatic rings. The predicted octanol–water partition coefficient (Wildman–Crippen LogP) is 5.13. The zero-order valence-corrected chi connectivity index (χ0v) is 13.6. The number of halogens is 3. The lowest BCUT2D eigenvalue weighted by Gasteiger charge is -2.10. The maximum atomic E-state index is 14.1. The van der Waals surface area contributed by atoms with Crippen molar-refractivity contribution < 1.29 is 18.3 Å². The average Bonchev–Trinajstić information content (AvgIpc) is 2.63. The van der Waals surface area contributed by atoms with Crippen LogP contribution in [0.5, 0.6) is 5.75 Å². The summed E-state index contributed by atoms with van der Waals surface area (Å²) in [6.07, 6.45) is 0.177. The summed E-state index contributed by atoms with van der Waals surface area (Å²) in [5.74, 6) is -1.79. The highest BCUT2D eigenvalue weighted by molar-refractivity contribution is 5.64. The third-order valence-electron chi connectivity index (χ3n) is 4.19. The Labute approximate surface area is 148 Å². The Morgan fingerprint density at radius 1 is 0.846 bits per heavy atom. The maximum Gasteiger partial charge on any atom is 0.133 e. The first-order valence-electron chi connectivity index (χ1n) is 7.94. The zero-order valence-electron chi connectivity index (χ0n) is 13.6.